The lowest BCUT2D eigenvalue weighted by Crippen LogP contribution is -2.29. The number of carbonyl (C=O) groups is 1. The third-order valence-corrected chi connectivity index (χ3v) is 5.03. The Kier molecular flexibility index (Phi) is 5.70. The molecule has 2 aromatic carbocycles. The zero-order chi connectivity index (χ0) is 20.1. The van der Waals surface area contributed by atoms with Gasteiger partial charge in [-0.3, -0.25) is 4.79 Å². The molecular weight excluding hydrogens is 362 g/mol. The number of nitrogens with zero attached hydrogens (tertiary/aromatic N) is 3. The molecule has 6 heteroatoms. The van der Waals surface area contributed by atoms with Crippen LogP contribution in [0.1, 0.15) is 35.2 Å². The predicted molar refractivity (Wildman–Crippen MR) is 117 cm³/mol. The van der Waals surface area contributed by atoms with Crippen LogP contribution in [-0.4, -0.2) is 29.0 Å². The number of amides is 1. The van der Waals surface area contributed by atoms with Crippen molar-refractivity contribution in [1.29, 1.82) is 0 Å². The molecule has 0 radical (unpaired) electrons. The molecule has 1 aliphatic heterocycles. The third-order valence-electron chi connectivity index (χ3n) is 5.03. The molecule has 1 aliphatic rings. The standard InChI is InChI=1S/C23H25N5O/c1-17-6-5-7-20(14-17)26-22(29)18-15-24-23(25-16-18)27-19-8-10-21(11-9-19)28-12-3-2-4-13-28/h5-11,14-16H,2-4,12-13H2,1H3,(H,26,29)(H,24,25,27). The molecule has 0 atom stereocenters. The Labute approximate surface area is 171 Å². The van der Waals surface area contributed by atoms with E-state index in [1.54, 1.807) is 0 Å². The minimum absolute atomic E-state index is 0.229. The summed E-state index contributed by atoms with van der Waals surface area (Å²) in [5.74, 6) is 0.232. The number of nitrogens with one attached hydrogen (secondary N) is 2. The maximum Gasteiger partial charge on any atom is 0.258 e. The van der Waals surface area contributed by atoms with Gasteiger partial charge in [-0.25, -0.2) is 9.97 Å². The van der Waals surface area contributed by atoms with Gasteiger partial charge < -0.3 is 15.5 Å². The highest BCUT2D eigenvalue weighted by Crippen LogP contribution is 2.23. The summed E-state index contributed by atoms with van der Waals surface area (Å²) in [7, 11) is 0. The van der Waals surface area contributed by atoms with Crippen molar-refractivity contribution in [3.05, 3.63) is 72.1 Å². The number of carbonyl (C=O) groups excluding carboxylic acids is 1. The summed E-state index contributed by atoms with van der Waals surface area (Å²) in [6, 6.07) is 16.0. The summed E-state index contributed by atoms with van der Waals surface area (Å²) in [5.41, 5.74) is 4.43. The molecule has 0 unspecified atom stereocenters. The zero-order valence-electron chi connectivity index (χ0n) is 16.6. The van der Waals surface area contributed by atoms with Crippen LogP contribution in [0.5, 0.6) is 0 Å². The normalized spacial score (nSPS) is 13.8. The predicted octanol–water partition coefficient (Wildman–Crippen LogP) is 4.77. The first-order chi connectivity index (χ1) is 14.2. The van der Waals surface area contributed by atoms with Crippen molar-refractivity contribution < 1.29 is 4.79 Å². The first-order valence-electron chi connectivity index (χ1n) is 9.99. The van der Waals surface area contributed by atoms with Gasteiger partial charge in [0.25, 0.3) is 5.91 Å². The molecular formula is C23H25N5O. The summed E-state index contributed by atoms with van der Waals surface area (Å²) >= 11 is 0. The second kappa shape index (κ2) is 8.73. The molecule has 4 rings (SSSR count). The number of anilines is 4. The van der Waals surface area contributed by atoms with Crippen molar-refractivity contribution in [2.45, 2.75) is 26.2 Å². The van der Waals surface area contributed by atoms with E-state index in [0.29, 0.717) is 11.5 Å². The molecule has 6 nitrogen and oxygen atoms in total. The van der Waals surface area contributed by atoms with Gasteiger partial charge in [0.2, 0.25) is 5.95 Å². The average Bonchev–Trinajstić information content (AvgIpc) is 2.75. The van der Waals surface area contributed by atoms with Crippen LogP contribution in [-0.2, 0) is 0 Å². The molecule has 0 saturated carbocycles. The molecule has 2 heterocycles. The zero-order valence-corrected chi connectivity index (χ0v) is 16.6. The Morgan fingerprint density at radius 1 is 0.931 bits per heavy atom. The fraction of sp³-hybridized carbons (Fsp3) is 0.261. The molecule has 1 saturated heterocycles. The molecule has 2 N–H and O–H groups in total. The van der Waals surface area contributed by atoms with Gasteiger partial charge in [0.05, 0.1) is 5.56 Å². The first-order valence-corrected chi connectivity index (χ1v) is 9.99. The highest BCUT2D eigenvalue weighted by atomic mass is 16.1. The minimum atomic E-state index is -0.229. The van der Waals surface area contributed by atoms with Gasteiger partial charge in [-0.05, 0) is 68.1 Å². The van der Waals surface area contributed by atoms with E-state index in [4.69, 9.17) is 0 Å². The van der Waals surface area contributed by atoms with E-state index in [-0.39, 0.29) is 5.91 Å². The number of rotatable bonds is 5. The van der Waals surface area contributed by atoms with Crippen LogP contribution in [0, 0.1) is 6.92 Å². The Balaban J connectivity index is 1.37. The first kappa shape index (κ1) is 18.9. The topological polar surface area (TPSA) is 70.2 Å². The number of hydrogen-bond acceptors (Lipinski definition) is 5. The van der Waals surface area contributed by atoms with Crippen molar-refractivity contribution in [1.82, 2.24) is 9.97 Å². The minimum Gasteiger partial charge on any atom is -0.372 e. The second-order valence-electron chi connectivity index (χ2n) is 7.34. The van der Waals surface area contributed by atoms with Gasteiger partial charge in [-0.1, -0.05) is 12.1 Å². The fourth-order valence-electron chi connectivity index (χ4n) is 3.47. The van der Waals surface area contributed by atoms with E-state index in [9.17, 15) is 4.79 Å². The monoisotopic (exact) mass is 387 g/mol. The summed E-state index contributed by atoms with van der Waals surface area (Å²) in [6.07, 6.45) is 6.91. The lowest BCUT2D eigenvalue weighted by molar-refractivity contribution is 0.102. The maximum absolute atomic E-state index is 12.4. The van der Waals surface area contributed by atoms with Crippen molar-refractivity contribution >= 4 is 28.9 Å². The number of benzene rings is 2. The average molecular weight is 387 g/mol. The van der Waals surface area contributed by atoms with E-state index >= 15 is 0 Å². The van der Waals surface area contributed by atoms with E-state index in [1.165, 1.54) is 37.3 Å². The summed E-state index contributed by atoms with van der Waals surface area (Å²) < 4.78 is 0. The molecule has 3 aromatic rings. The molecule has 0 aliphatic carbocycles. The van der Waals surface area contributed by atoms with Crippen LogP contribution in [0.2, 0.25) is 0 Å². The number of aryl methyl sites for hydroxylation is 1. The number of hydrogen-bond donors (Lipinski definition) is 2. The third kappa shape index (κ3) is 4.90. The van der Waals surface area contributed by atoms with Crippen molar-refractivity contribution in [2.75, 3.05) is 28.6 Å². The molecule has 1 aromatic heterocycles. The number of piperidine rings is 1. The van der Waals surface area contributed by atoms with Gasteiger partial charge in [-0.15, -0.1) is 0 Å². The highest BCUT2D eigenvalue weighted by Gasteiger charge is 2.11. The fourth-order valence-corrected chi connectivity index (χ4v) is 3.47. The number of aromatic nitrogens is 2. The Hall–Kier alpha value is -3.41. The van der Waals surface area contributed by atoms with E-state index < -0.39 is 0 Å². The molecule has 29 heavy (non-hydrogen) atoms. The molecule has 0 spiro atoms. The molecule has 1 amide bonds. The second-order valence-corrected chi connectivity index (χ2v) is 7.34. The Bertz CT molecular complexity index is 963. The van der Waals surface area contributed by atoms with Crippen LogP contribution < -0.4 is 15.5 Å². The molecule has 1 fully saturated rings. The van der Waals surface area contributed by atoms with Crippen LogP contribution in [0.4, 0.5) is 23.0 Å². The highest BCUT2D eigenvalue weighted by molar-refractivity contribution is 6.03. The van der Waals surface area contributed by atoms with Crippen LogP contribution in [0.3, 0.4) is 0 Å². The SMILES string of the molecule is Cc1cccc(NC(=O)c2cnc(Nc3ccc(N4CCCCC4)cc3)nc2)c1. The van der Waals surface area contributed by atoms with Crippen molar-refractivity contribution in [2.24, 2.45) is 0 Å². The van der Waals surface area contributed by atoms with Crippen molar-refractivity contribution in [3.63, 3.8) is 0 Å². The van der Waals surface area contributed by atoms with Gasteiger partial charge in [-0.2, -0.15) is 0 Å². The van der Waals surface area contributed by atoms with Gasteiger partial charge >= 0.3 is 0 Å². The molecule has 0 bridgehead atoms. The summed E-state index contributed by atoms with van der Waals surface area (Å²) in [6.45, 7) is 4.24. The van der Waals surface area contributed by atoms with Gasteiger partial charge in [0.1, 0.15) is 0 Å². The summed E-state index contributed by atoms with van der Waals surface area (Å²) in [4.78, 5) is 23.3. The smallest absolute Gasteiger partial charge is 0.258 e. The summed E-state index contributed by atoms with van der Waals surface area (Å²) in [5, 5.41) is 6.05. The van der Waals surface area contributed by atoms with Crippen LogP contribution in [0.15, 0.2) is 60.9 Å². The molecule has 148 valence electrons. The quantitative estimate of drug-likeness (QED) is 0.660. The van der Waals surface area contributed by atoms with Crippen LogP contribution in [0.25, 0.3) is 0 Å². The van der Waals surface area contributed by atoms with Crippen molar-refractivity contribution in [3.8, 4) is 0 Å². The lowest BCUT2D eigenvalue weighted by Gasteiger charge is -2.28. The Morgan fingerprint density at radius 3 is 2.34 bits per heavy atom. The van der Waals surface area contributed by atoms with E-state index in [2.05, 4.69) is 37.6 Å². The van der Waals surface area contributed by atoms with E-state index in [1.807, 2.05) is 43.3 Å². The van der Waals surface area contributed by atoms with Gasteiger partial charge in [0.15, 0.2) is 0 Å². The van der Waals surface area contributed by atoms with Gasteiger partial charge in [0, 0.05) is 42.5 Å². The van der Waals surface area contributed by atoms with E-state index in [0.717, 1.165) is 30.0 Å². The lowest BCUT2D eigenvalue weighted by atomic mass is 10.1. The largest absolute Gasteiger partial charge is 0.372 e. The van der Waals surface area contributed by atoms with Crippen LogP contribution >= 0.6 is 0 Å². The Morgan fingerprint density at radius 2 is 1.66 bits per heavy atom. The maximum atomic E-state index is 12.4.